The zero-order chi connectivity index (χ0) is 17.3. The van der Waals surface area contributed by atoms with Gasteiger partial charge >= 0.3 is 12.0 Å². The number of aromatic nitrogens is 2. The van der Waals surface area contributed by atoms with E-state index in [4.69, 9.17) is 4.74 Å². The van der Waals surface area contributed by atoms with Gasteiger partial charge in [0.05, 0.1) is 18.1 Å². The predicted octanol–water partition coefficient (Wildman–Crippen LogP) is 2.15. The minimum Gasteiger partial charge on any atom is -0.467 e. The van der Waals surface area contributed by atoms with Crippen LogP contribution in [0.5, 0.6) is 0 Å². The number of para-hydroxylation sites is 2. The van der Waals surface area contributed by atoms with Crippen LogP contribution in [-0.2, 0) is 16.1 Å². The highest BCUT2D eigenvalue weighted by molar-refractivity contribution is 5.96. The molecule has 2 heterocycles. The molecule has 7 heteroatoms. The molecule has 0 aliphatic carbocycles. The molecule has 1 aliphatic heterocycles. The van der Waals surface area contributed by atoms with Gasteiger partial charge in [-0.05, 0) is 18.1 Å². The number of anilines is 1. The number of urea groups is 1. The third-order valence-electron chi connectivity index (χ3n) is 4.62. The van der Waals surface area contributed by atoms with Crippen LogP contribution in [0.4, 0.5) is 10.7 Å². The number of rotatable bonds is 4. The second kappa shape index (κ2) is 6.51. The lowest BCUT2D eigenvalue weighted by Gasteiger charge is -2.24. The van der Waals surface area contributed by atoms with E-state index in [2.05, 4.69) is 10.3 Å². The van der Waals surface area contributed by atoms with Crippen molar-refractivity contribution in [3.8, 4) is 0 Å². The number of carbonyl (C=O) groups is 2. The highest BCUT2D eigenvalue weighted by Crippen LogP contribution is 2.27. The standard InChI is InChI=1S/C17H22N4O3/c1-4-11(2)14(15(22)24-3)19-17(23)21-10-9-20-13-8-6-5-7-12(13)18-16(20)21/h5-8,11,14H,4,9-10H2,1-3H3,(H,19,23)/t11?,14-/m1/s1. The molecule has 2 atom stereocenters. The van der Waals surface area contributed by atoms with Gasteiger partial charge in [0, 0.05) is 13.1 Å². The molecule has 3 rings (SSSR count). The average Bonchev–Trinajstić information content (AvgIpc) is 3.17. The Morgan fingerprint density at radius 1 is 1.33 bits per heavy atom. The maximum Gasteiger partial charge on any atom is 0.328 e. The Labute approximate surface area is 140 Å². The SMILES string of the molecule is CCC(C)[C@@H](NC(=O)N1CCn2c1nc1ccccc12)C(=O)OC. The third-order valence-corrected chi connectivity index (χ3v) is 4.62. The number of imidazole rings is 1. The van der Waals surface area contributed by atoms with E-state index in [0.29, 0.717) is 19.0 Å². The number of benzene rings is 1. The Bertz CT molecular complexity index is 770. The molecule has 7 nitrogen and oxygen atoms in total. The van der Waals surface area contributed by atoms with Crippen molar-refractivity contribution in [2.24, 2.45) is 5.92 Å². The van der Waals surface area contributed by atoms with Crippen LogP contribution in [0.3, 0.4) is 0 Å². The van der Waals surface area contributed by atoms with Crippen LogP contribution in [0.25, 0.3) is 11.0 Å². The fraction of sp³-hybridized carbons (Fsp3) is 0.471. The Balaban J connectivity index is 1.83. The summed E-state index contributed by atoms with van der Waals surface area (Å²) in [4.78, 5) is 30.8. The summed E-state index contributed by atoms with van der Waals surface area (Å²) in [5.74, 6) is 0.176. The van der Waals surface area contributed by atoms with E-state index < -0.39 is 12.0 Å². The first-order valence-electron chi connectivity index (χ1n) is 8.18. The van der Waals surface area contributed by atoms with Gasteiger partial charge in [-0.2, -0.15) is 0 Å². The van der Waals surface area contributed by atoms with Crippen molar-refractivity contribution >= 4 is 29.0 Å². The van der Waals surface area contributed by atoms with Crippen molar-refractivity contribution in [3.63, 3.8) is 0 Å². The lowest BCUT2D eigenvalue weighted by molar-refractivity contribution is -0.144. The minimum absolute atomic E-state index is 0.0113. The van der Waals surface area contributed by atoms with Gasteiger partial charge in [-0.25, -0.2) is 14.6 Å². The summed E-state index contributed by atoms with van der Waals surface area (Å²) in [5, 5.41) is 2.80. The van der Waals surface area contributed by atoms with Gasteiger partial charge in [0.2, 0.25) is 5.95 Å². The third kappa shape index (κ3) is 2.70. The van der Waals surface area contributed by atoms with Crippen molar-refractivity contribution in [1.29, 1.82) is 0 Å². The van der Waals surface area contributed by atoms with E-state index in [9.17, 15) is 9.59 Å². The maximum atomic E-state index is 12.7. The molecule has 1 aromatic carbocycles. The molecule has 1 aliphatic rings. The molecular formula is C17H22N4O3. The molecule has 0 fully saturated rings. The first-order valence-corrected chi connectivity index (χ1v) is 8.18. The fourth-order valence-electron chi connectivity index (χ4n) is 2.99. The maximum absolute atomic E-state index is 12.7. The smallest absolute Gasteiger partial charge is 0.328 e. The van der Waals surface area contributed by atoms with Crippen LogP contribution < -0.4 is 10.2 Å². The quantitative estimate of drug-likeness (QED) is 0.872. The van der Waals surface area contributed by atoms with Crippen molar-refractivity contribution in [2.75, 3.05) is 18.6 Å². The fourth-order valence-corrected chi connectivity index (χ4v) is 2.99. The van der Waals surface area contributed by atoms with Gasteiger partial charge < -0.3 is 14.6 Å². The van der Waals surface area contributed by atoms with E-state index in [1.165, 1.54) is 7.11 Å². The molecule has 0 saturated carbocycles. The highest BCUT2D eigenvalue weighted by Gasteiger charge is 2.33. The number of hydrogen-bond acceptors (Lipinski definition) is 4. The van der Waals surface area contributed by atoms with Gasteiger partial charge in [-0.3, -0.25) is 4.90 Å². The number of fused-ring (bicyclic) bond motifs is 3. The lowest BCUT2D eigenvalue weighted by atomic mass is 9.99. The molecule has 24 heavy (non-hydrogen) atoms. The molecule has 1 N–H and O–H groups in total. The Hall–Kier alpha value is -2.57. The van der Waals surface area contributed by atoms with Gasteiger partial charge in [-0.1, -0.05) is 32.4 Å². The van der Waals surface area contributed by atoms with Crippen molar-refractivity contribution in [3.05, 3.63) is 24.3 Å². The van der Waals surface area contributed by atoms with Crippen LogP contribution in [0, 0.1) is 5.92 Å². The zero-order valence-electron chi connectivity index (χ0n) is 14.2. The summed E-state index contributed by atoms with van der Waals surface area (Å²) in [6, 6.07) is 6.81. The number of nitrogens with zero attached hydrogens (tertiary/aromatic N) is 3. The molecule has 0 bridgehead atoms. The molecule has 2 amide bonds. The topological polar surface area (TPSA) is 76.5 Å². The first kappa shape index (κ1) is 16.3. The van der Waals surface area contributed by atoms with E-state index in [-0.39, 0.29) is 11.9 Å². The number of methoxy groups -OCH3 is 1. The molecule has 1 aromatic heterocycles. The van der Waals surface area contributed by atoms with E-state index >= 15 is 0 Å². The Morgan fingerprint density at radius 3 is 2.79 bits per heavy atom. The van der Waals surface area contributed by atoms with E-state index in [0.717, 1.165) is 17.5 Å². The summed E-state index contributed by atoms with van der Waals surface area (Å²) in [7, 11) is 1.33. The van der Waals surface area contributed by atoms with Crippen molar-refractivity contribution in [2.45, 2.75) is 32.9 Å². The van der Waals surface area contributed by atoms with Gasteiger partial charge in [0.25, 0.3) is 0 Å². The van der Waals surface area contributed by atoms with Crippen LogP contribution in [0.15, 0.2) is 24.3 Å². The molecule has 0 spiro atoms. The number of ether oxygens (including phenoxy) is 1. The summed E-state index contributed by atoms with van der Waals surface area (Å²) in [5.41, 5.74) is 1.87. The number of carbonyl (C=O) groups excluding carboxylic acids is 2. The van der Waals surface area contributed by atoms with Crippen LogP contribution in [-0.4, -0.2) is 41.2 Å². The first-order chi connectivity index (χ1) is 11.6. The zero-order valence-corrected chi connectivity index (χ0v) is 14.2. The average molecular weight is 330 g/mol. The second-order valence-electron chi connectivity index (χ2n) is 6.04. The van der Waals surface area contributed by atoms with Crippen molar-refractivity contribution in [1.82, 2.24) is 14.9 Å². The number of amides is 2. The normalized spacial score (nSPS) is 15.9. The Kier molecular flexibility index (Phi) is 4.42. The van der Waals surface area contributed by atoms with Crippen molar-refractivity contribution < 1.29 is 14.3 Å². The van der Waals surface area contributed by atoms with Crippen LogP contribution in [0.2, 0.25) is 0 Å². The summed E-state index contributed by atoms with van der Waals surface area (Å²) in [6.07, 6.45) is 0.762. The number of esters is 1. The minimum atomic E-state index is -0.661. The van der Waals surface area contributed by atoms with Gasteiger partial charge in [-0.15, -0.1) is 0 Å². The molecular weight excluding hydrogens is 308 g/mol. The van der Waals surface area contributed by atoms with Gasteiger partial charge in [0.15, 0.2) is 0 Å². The summed E-state index contributed by atoms with van der Waals surface area (Å²) < 4.78 is 6.84. The van der Waals surface area contributed by atoms with Crippen LogP contribution >= 0.6 is 0 Å². The number of nitrogens with one attached hydrogen (secondary N) is 1. The molecule has 128 valence electrons. The highest BCUT2D eigenvalue weighted by atomic mass is 16.5. The summed E-state index contributed by atoms with van der Waals surface area (Å²) in [6.45, 7) is 5.12. The van der Waals surface area contributed by atoms with Gasteiger partial charge in [0.1, 0.15) is 6.04 Å². The van der Waals surface area contributed by atoms with E-state index in [1.807, 2.05) is 42.7 Å². The lowest BCUT2D eigenvalue weighted by Crippen LogP contribution is -2.50. The summed E-state index contributed by atoms with van der Waals surface area (Å²) >= 11 is 0. The number of hydrogen-bond donors (Lipinski definition) is 1. The molecule has 0 saturated heterocycles. The Morgan fingerprint density at radius 2 is 2.08 bits per heavy atom. The second-order valence-corrected chi connectivity index (χ2v) is 6.04. The molecule has 1 unspecified atom stereocenters. The van der Waals surface area contributed by atoms with Crippen LogP contribution in [0.1, 0.15) is 20.3 Å². The van der Waals surface area contributed by atoms with E-state index in [1.54, 1.807) is 4.90 Å². The molecule has 0 radical (unpaired) electrons. The largest absolute Gasteiger partial charge is 0.467 e. The monoisotopic (exact) mass is 330 g/mol. The molecule has 2 aromatic rings. The predicted molar refractivity (Wildman–Crippen MR) is 90.9 cm³/mol.